The second kappa shape index (κ2) is 14.7. The van der Waals surface area contributed by atoms with Crippen LogP contribution in [0.1, 0.15) is 101 Å². The third-order valence-electron chi connectivity index (χ3n) is 9.92. The average molecular weight is 617 g/mol. The van der Waals surface area contributed by atoms with Gasteiger partial charge in [-0.1, -0.05) is 104 Å². The lowest BCUT2D eigenvalue weighted by Crippen LogP contribution is -2.56. The highest BCUT2D eigenvalue weighted by molar-refractivity contribution is 5.95. The smallest absolute Gasteiger partial charge is 0.161 e. The van der Waals surface area contributed by atoms with Gasteiger partial charge in [-0.2, -0.15) is 0 Å². The Balaban J connectivity index is 1.49. The monoisotopic (exact) mass is 616 g/mol. The minimum Gasteiger partial charge on any atom is -0.387 e. The van der Waals surface area contributed by atoms with E-state index in [1.165, 1.54) is 0 Å². The average Bonchev–Trinajstić information content (AvgIpc) is 3.45. The molecule has 0 aromatic rings. The van der Waals surface area contributed by atoms with Crippen molar-refractivity contribution in [3.8, 4) is 0 Å². The molecule has 3 saturated heterocycles. The highest BCUT2D eigenvalue weighted by Gasteiger charge is 2.67. The van der Waals surface area contributed by atoms with Gasteiger partial charge in [0.15, 0.2) is 5.78 Å². The van der Waals surface area contributed by atoms with Crippen LogP contribution in [0.15, 0.2) is 95.2 Å². The van der Waals surface area contributed by atoms with E-state index in [9.17, 15) is 14.7 Å². The molecule has 0 saturated carbocycles. The molecule has 3 fully saturated rings. The quantitative estimate of drug-likeness (QED) is 0.165. The Labute approximate surface area is 272 Å². The topological polar surface area (TPSA) is 72.8 Å². The third kappa shape index (κ3) is 9.12. The van der Waals surface area contributed by atoms with E-state index in [0.717, 1.165) is 29.6 Å². The summed E-state index contributed by atoms with van der Waals surface area (Å²) in [5, 5.41) is 11.1. The van der Waals surface area contributed by atoms with Gasteiger partial charge in [-0.25, -0.2) is 0 Å². The van der Waals surface area contributed by atoms with Crippen LogP contribution in [0.5, 0.6) is 0 Å². The summed E-state index contributed by atoms with van der Waals surface area (Å²) >= 11 is 0. The summed E-state index contributed by atoms with van der Waals surface area (Å²) in [5.41, 5.74) is 1.83. The lowest BCUT2D eigenvalue weighted by Gasteiger charge is -2.46. The van der Waals surface area contributed by atoms with Crippen molar-refractivity contribution in [1.29, 1.82) is 0 Å². The Morgan fingerprint density at radius 1 is 0.778 bits per heavy atom. The summed E-state index contributed by atoms with van der Waals surface area (Å²) in [6.07, 6.45) is 27.4. The molecule has 3 rings (SSSR count). The van der Waals surface area contributed by atoms with Gasteiger partial charge in [0, 0.05) is 24.7 Å². The predicted octanol–water partition coefficient (Wildman–Crippen LogP) is 8.83. The van der Waals surface area contributed by atoms with Crippen LogP contribution in [0.25, 0.3) is 0 Å². The number of allylic oxidation sites excluding steroid dienone is 15. The predicted molar refractivity (Wildman–Crippen MR) is 185 cm³/mol. The fourth-order valence-corrected chi connectivity index (χ4v) is 7.12. The molecule has 6 atom stereocenters. The number of Topliss-reactive ketones (excluding diaryl/α,β-unsaturated/α-hetero) is 2. The standard InChI is InChI=1S/C40H56O5/c1-28(17-13-18-30(3)21-22-40-37(7,8)25-35(45-40)26-39(40,10)43)15-11-12-16-29(2)19-14-20-31(4)36(42)27-38(9)32(5)23-34(44-38)24-33(6)41/h11-22,32,34-35,43H,23-27H2,1-10H3/b12-11+,17-13+,19-14+,22-21+,28-15+,29-16+,30-18+,31-20+/t32-,34-,35+,38+,39-,40-/m1/s1. The fraction of sp³-hybridized carbons (Fsp3) is 0.550. The summed E-state index contributed by atoms with van der Waals surface area (Å²) in [7, 11) is 0. The number of hydrogen-bond donors (Lipinski definition) is 1. The number of carbonyl (C=O) groups is 2. The van der Waals surface area contributed by atoms with Gasteiger partial charge in [-0.15, -0.1) is 0 Å². The number of ether oxygens (including phenoxy) is 2. The second-order valence-electron chi connectivity index (χ2n) is 14.8. The zero-order valence-electron chi connectivity index (χ0n) is 29.3. The third-order valence-corrected chi connectivity index (χ3v) is 9.92. The first kappa shape index (κ1) is 36.6. The van der Waals surface area contributed by atoms with Crippen molar-refractivity contribution in [3.63, 3.8) is 0 Å². The van der Waals surface area contributed by atoms with E-state index in [-0.39, 0.29) is 35.1 Å². The van der Waals surface area contributed by atoms with Crippen molar-refractivity contribution >= 4 is 11.6 Å². The fourth-order valence-electron chi connectivity index (χ4n) is 7.12. The summed E-state index contributed by atoms with van der Waals surface area (Å²) in [4.78, 5) is 24.4. The van der Waals surface area contributed by atoms with Gasteiger partial charge < -0.3 is 14.6 Å². The lowest BCUT2D eigenvalue weighted by atomic mass is 9.61. The number of ketones is 2. The molecule has 3 aliphatic rings. The lowest BCUT2D eigenvalue weighted by molar-refractivity contribution is -0.126. The highest BCUT2D eigenvalue weighted by Crippen LogP contribution is 2.60. The maximum absolute atomic E-state index is 12.9. The first-order valence-electron chi connectivity index (χ1n) is 16.4. The van der Waals surface area contributed by atoms with Crippen LogP contribution in [0.3, 0.4) is 0 Å². The van der Waals surface area contributed by atoms with Gasteiger partial charge in [0.1, 0.15) is 11.4 Å². The summed E-state index contributed by atoms with van der Waals surface area (Å²) in [5.74, 6) is 0.414. The minimum absolute atomic E-state index is 0.0698. The zero-order valence-corrected chi connectivity index (χ0v) is 29.3. The Morgan fingerprint density at radius 2 is 1.33 bits per heavy atom. The van der Waals surface area contributed by atoms with E-state index in [1.54, 1.807) is 6.92 Å². The van der Waals surface area contributed by atoms with Gasteiger partial charge >= 0.3 is 0 Å². The molecule has 0 radical (unpaired) electrons. The molecule has 0 spiro atoms. The molecule has 3 heterocycles. The van der Waals surface area contributed by atoms with Crippen LogP contribution in [0.4, 0.5) is 0 Å². The summed E-state index contributed by atoms with van der Waals surface area (Å²) in [6.45, 7) is 19.9. The molecule has 5 nitrogen and oxygen atoms in total. The van der Waals surface area contributed by atoms with E-state index in [2.05, 4.69) is 65.0 Å². The zero-order chi connectivity index (χ0) is 33.6. The number of fused-ring (bicyclic) bond motifs is 2. The van der Waals surface area contributed by atoms with Gasteiger partial charge in [0.05, 0.1) is 23.4 Å². The van der Waals surface area contributed by atoms with E-state index >= 15 is 0 Å². The first-order chi connectivity index (χ1) is 20.9. The first-order valence-corrected chi connectivity index (χ1v) is 16.4. The van der Waals surface area contributed by atoms with E-state index < -0.39 is 16.8 Å². The van der Waals surface area contributed by atoms with Crippen LogP contribution in [0, 0.1) is 11.3 Å². The molecule has 2 bridgehead atoms. The Bertz CT molecular complexity index is 1340. The molecule has 0 unspecified atom stereocenters. The molecule has 0 aromatic heterocycles. The molecule has 5 heteroatoms. The van der Waals surface area contributed by atoms with Gasteiger partial charge in [0.2, 0.25) is 0 Å². The van der Waals surface area contributed by atoms with Crippen LogP contribution in [-0.2, 0) is 19.1 Å². The van der Waals surface area contributed by atoms with Crippen molar-refractivity contribution < 1.29 is 24.2 Å². The number of aliphatic hydroxyl groups is 1. The van der Waals surface area contributed by atoms with Crippen molar-refractivity contribution in [2.24, 2.45) is 11.3 Å². The SMILES string of the molecule is CC(=O)C[C@H]1C[C@@H](C)[C@](C)(CC(=O)/C(C)=C/C=C/C(C)=C/C=C/C=C(C)/C=C/C=C(C)/C=C/[C@@]23O[C@@H](CC2(C)C)C[C@@]3(C)O)O1. The summed E-state index contributed by atoms with van der Waals surface area (Å²) in [6, 6.07) is 0. The maximum atomic E-state index is 12.9. The van der Waals surface area contributed by atoms with Crippen molar-refractivity contribution in [3.05, 3.63) is 95.2 Å². The minimum atomic E-state index is -0.861. The largest absolute Gasteiger partial charge is 0.387 e. The molecule has 0 aromatic carbocycles. The van der Waals surface area contributed by atoms with Crippen molar-refractivity contribution in [1.82, 2.24) is 0 Å². The Hall–Kier alpha value is -2.86. The normalized spacial score (nSPS) is 34.4. The number of hydrogen-bond acceptors (Lipinski definition) is 5. The van der Waals surface area contributed by atoms with Gasteiger partial charge in [-0.3, -0.25) is 9.59 Å². The molecular formula is C40H56O5. The van der Waals surface area contributed by atoms with E-state index in [0.29, 0.717) is 24.8 Å². The highest BCUT2D eigenvalue weighted by atomic mass is 16.5. The van der Waals surface area contributed by atoms with Gasteiger partial charge in [-0.05, 0) is 78.9 Å². The number of carbonyl (C=O) groups excluding carboxylic acids is 2. The second-order valence-corrected chi connectivity index (χ2v) is 14.8. The van der Waals surface area contributed by atoms with Crippen LogP contribution in [0.2, 0.25) is 0 Å². The molecular weight excluding hydrogens is 560 g/mol. The van der Waals surface area contributed by atoms with E-state index in [4.69, 9.17) is 9.47 Å². The molecule has 1 N–H and O–H groups in total. The Kier molecular flexibility index (Phi) is 12.0. The molecule has 246 valence electrons. The summed E-state index contributed by atoms with van der Waals surface area (Å²) < 4.78 is 12.5. The van der Waals surface area contributed by atoms with E-state index in [1.807, 2.05) is 70.2 Å². The van der Waals surface area contributed by atoms with Crippen LogP contribution in [-0.4, -0.2) is 45.7 Å². The van der Waals surface area contributed by atoms with Crippen LogP contribution < -0.4 is 0 Å². The Morgan fingerprint density at radius 3 is 1.89 bits per heavy atom. The van der Waals surface area contributed by atoms with Crippen LogP contribution >= 0.6 is 0 Å². The maximum Gasteiger partial charge on any atom is 0.161 e. The molecule has 3 aliphatic heterocycles. The van der Waals surface area contributed by atoms with Gasteiger partial charge in [0.25, 0.3) is 0 Å². The molecule has 45 heavy (non-hydrogen) atoms. The number of rotatable bonds is 13. The molecule has 0 amide bonds. The van der Waals surface area contributed by atoms with Crippen molar-refractivity contribution in [2.75, 3.05) is 0 Å². The molecule has 0 aliphatic carbocycles. The van der Waals surface area contributed by atoms with Crippen molar-refractivity contribution in [2.45, 2.75) is 130 Å².